The van der Waals surface area contributed by atoms with Crippen molar-refractivity contribution < 1.29 is 19.1 Å². The lowest BCUT2D eigenvalue weighted by Crippen LogP contribution is -2.11. The number of hydrogen-bond acceptors (Lipinski definition) is 6. The molecule has 0 spiro atoms. The molecule has 0 amide bonds. The molecule has 0 unspecified atom stereocenters. The quantitative estimate of drug-likeness (QED) is 0.677. The molecule has 2 aromatic rings. The number of hydrogen-bond donors (Lipinski definition) is 1. The second kappa shape index (κ2) is 5.56. The maximum absolute atomic E-state index is 11.8. The van der Waals surface area contributed by atoms with E-state index in [1.807, 2.05) is 0 Å². The molecule has 0 saturated carbocycles. The number of carbonyl (C=O) groups is 2. The maximum Gasteiger partial charge on any atom is 0.356 e. The number of nitrogen functional groups attached to an aromatic ring is 1. The molecular formula is C14H14N2O4. The van der Waals surface area contributed by atoms with Crippen molar-refractivity contribution in [2.45, 2.75) is 6.92 Å². The molecule has 0 fully saturated rings. The van der Waals surface area contributed by atoms with E-state index in [1.54, 1.807) is 25.1 Å². The normalized spacial score (nSPS) is 10.3. The standard InChI is InChI=1S/C14H14N2O4/c1-3-20-14(18)12-7-10(13(17)19-2)9-6-8(15)4-5-11(9)16-12/h4-7H,3,15H2,1-2H3. The summed E-state index contributed by atoms with van der Waals surface area (Å²) >= 11 is 0. The predicted octanol–water partition coefficient (Wildman–Crippen LogP) is 1.78. The summed E-state index contributed by atoms with van der Waals surface area (Å²) < 4.78 is 9.61. The van der Waals surface area contributed by atoms with Crippen LogP contribution in [-0.4, -0.2) is 30.6 Å². The maximum atomic E-state index is 11.8. The first-order valence-corrected chi connectivity index (χ1v) is 6.02. The lowest BCUT2D eigenvalue weighted by Gasteiger charge is -2.08. The van der Waals surface area contributed by atoms with Crippen LogP contribution in [0.2, 0.25) is 0 Å². The highest BCUT2D eigenvalue weighted by molar-refractivity contribution is 6.06. The molecule has 104 valence electrons. The van der Waals surface area contributed by atoms with E-state index in [4.69, 9.17) is 15.2 Å². The third-order valence-electron chi connectivity index (χ3n) is 2.72. The van der Waals surface area contributed by atoms with Crippen LogP contribution in [0.25, 0.3) is 10.9 Å². The van der Waals surface area contributed by atoms with Crippen molar-refractivity contribution in [1.82, 2.24) is 4.98 Å². The summed E-state index contributed by atoms with van der Waals surface area (Å²) in [5, 5.41) is 0.532. The number of aromatic nitrogens is 1. The highest BCUT2D eigenvalue weighted by atomic mass is 16.5. The molecule has 6 nitrogen and oxygen atoms in total. The Morgan fingerprint density at radius 1 is 1.25 bits per heavy atom. The van der Waals surface area contributed by atoms with Gasteiger partial charge in [-0.1, -0.05) is 0 Å². The van der Waals surface area contributed by atoms with Crippen LogP contribution < -0.4 is 5.73 Å². The van der Waals surface area contributed by atoms with E-state index in [0.717, 1.165) is 0 Å². The molecule has 0 saturated heterocycles. The minimum absolute atomic E-state index is 0.0597. The molecule has 0 aliphatic heterocycles. The summed E-state index contributed by atoms with van der Waals surface area (Å²) in [5.74, 6) is -1.15. The molecule has 0 aliphatic carbocycles. The minimum Gasteiger partial charge on any atom is -0.465 e. The largest absolute Gasteiger partial charge is 0.465 e. The van der Waals surface area contributed by atoms with Crippen LogP contribution in [-0.2, 0) is 9.47 Å². The van der Waals surface area contributed by atoms with Crippen LogP contribution in [0.1, 0.15) is 27.8 Å². The molecular weight excluding hydrogens is 260 g/mol. The molecule has 1 heterocycles. The Hall–Kier alpha value is -2.63. The number of nitrogens with two attached hydrogens (primary N) is 1. The van der Waals surface area contributed by atoms with Crippen LogP contribution in [0.15, 0.2) is 24.3 Å². The van der Waals surface area contributed by atoms with Gasteiger partial charge >= 0.3 is 11.9 Å². The Labute approximate surface area is 115 Å². The van der Waals surface area contributed by atoms with Crippen LogP contribution in [0.5, 0.6) is 0 Å². The molecule has 2 N–H and O–H groups in total. The summed E-state index contributed by atoms with van der Waals surface area (Å²) in [4.78, 5) is 27.8. The van der Waals surface area contributed by atoms with Gasteiger partial charge in [-0.05, 0) is 31.2 Å². The van der Waals surface area contributed by atoms with Gasteiger partial charge in [-0.15, -0.1) is 0 Å². The number of rotatable bonds is 3. The highest BCUT2D eigenvalue weighted by Gasteiger charge is 2.17. The zero-order valence-electron chi connectivity index (χ0n) is 11.2. The molecule has 0 bridgehead atoms. The summed E-state index contributed by atoms with van der Waals surface area (Å²) in [5.41, 5.74) is 6.97. The first-order chi connectivity index (χ1) is 9.56. The van der Waals surface area contributed by atoms with E-state index in [0.29, 0.717) is 16.6 Å². The smallest absolute Gasteiger partial charge is 0.356 e. The van der Waals surface area contributed by atoms with Gasteiger partial charge in [0.2, 0.25) is 0 Å². The minimum atomic E-state index is -0.587. The fourth-order valence-corrected chi connectivity index (χ4v) is 1.83. The number of nitrogens with zero attached hydrogens (tertiary/aromatic N) is 1. The third kappa shape index (κ3) is 2.54. The fourth-order valence-electron chi connectivity index (χ4n) is 1.83. The van der Waals surface area contributed by atoms with Crippen molar-refractivity contribution in [3.8, 4) is 0 Å². The Morgan fingerprint density at radius 2 is 2.00 bits per heavy atom. The lowest BCUT2D eigenvalue weighted by atomic mass is 10.1. The predicted molar refractivity (Wildman–Crippen MR) is 73.5 cm³/mol. The number of pyridine rings is 1. The lowest BCUT2D eigenvalue weighted by molar-refractivity contribution is 0.0520. The first kappa shape index (κ1) is 13.8. The second-order valence-electron chi connectivity index (χ2n) is 4.04. The molecule has 0 radical (unpaired) electrons. The van der Waals surface area contributed by atoms with E-state index >= 15 is 0 Å². The highest BCUT2D eigenvalue weighted by Crippen LogP contribution is 2.22. The van der Waals surface area contributed by atoms with Gasteiger partial charge in [-0.2, -0.15) is 0 Å². The van der Waals surface area contributed by atoms with Crippen molar-refractivity contribution in [1.29, 1.82) is 0 Å². The zero-order chi connectivity index (χ0) is 14.7. The van der Waals surface area contributed by atoms with Crippen molar-refractivity contribution in [3.63, 3.8) is 0 Å². The second-order valence-corrected chi connectivity index (χ2v) is 4.04. The number of anilines is 1. The number of methoxy groups -OCH3 is 1. The molecule has 0 atom stereocenters. The van der Waals surface area contributed by atoms with E-state index in [1.165, 1.54) is 13.2 Å². The average molecular weight is 274 g/mol. The Bertz CT molecular complexity index is 682. The zero-order valence-corrected chi connectivity index (χ0v) is 11.2. The number of ether oxygens (including phenoxy) is 2. The van der Waals surface area contributed by atoms with Crippen molar-refractivity contribution in [3.05, 3.63) is 35.5 Å². The summed E-state index contributed by atoms with van der Waals surface area (Å²) in [7, 11) is 1.27. The van der Waals surface area contributed by atoms with Crippen molar-refractivity contribution in [2.24, 2.45) is 0 Å². The number of benzene rings is 1. The molecule has 0 aliphatic rings. The van der Waals surface area contributed by atoms with Gasteiger partial charge in [0.25, 0.3) is 0 Å². The van der Waals surface area contributed by atoms with Crippen molar-refractivity contribution >= 4 is 28.5 Å². The molecule has 20 heavy (non-hydrogen) atoms. The molecule has 2 rings (SSSR count). The summed E-state index contributed by atoms with van der Waals surface area (Å²) in [6.07, 6.45) is 0. The van der Waals surface area contributed by atoms with Gasteiger partial charge in [-0.3, -0.25) is 0 Å². The van der Waals surface area contributed by atoms with Crippen molar-refractivity contribution in [2.75, 3.05) is 19.5 Å². The number of fused-ring (bicyclic) bond motifs is 1. The van der Waals surface area contributed by atoms with Crippen LogP contribution in [0, 0.1) is 0 Å². The summed E-state index contributed by atoms with van der Waals surface area (Å²) in [6.45, 7) is 1.93. The van der Waals surface area contributed by atoms with E-state index in [2.05, 4.69) is 4.98 Å². The van der Waals surface area contributed by atoms with E-state index < -0.39 is 11.9 Å². The average Bonchev–Trinajstić information content (AvgIpc) is 2.45. The monoisotopic (exact) mass is 274 g/mol. The van der Waals surface area contributed by atoms with Crippen LogP contribution in [0.3, 0.4) is 0 Å². The van der Waals surface area contributed by atoms with Gasteiger partial charge < -0.3 is 15.2 Å². The Balaban J connectivity index is 2.67. The Kier molecular flexibility index (Phi) is 3.84. The molecule has 1 aromatic heterocycles. The van der Waals surface area contributed by atoms with Gasteiger partial charge in [0.05, 0.1) is 24.8 Å². The van der Waals surface area contributed by atoms with E-state index in [9.17, 15) is 9.59 Å². The molecule has 6 heteroatoms. The fraction of sp³-hybridized carbons (Fsp3) is 0.214. The first-order valence-electron chi connectivity index (χ1n) is 6.02. The third-order valence-corrected chi connectivity index (χ3v) is 2.72. The van der Waals surface area contributed by atoms with Crippen LogP contribution in [0.4, 0.5) is 5.69 Å². The number of carbonyl (C=O) groups excluding carboxylic acids is 2. The molecule has 1 aromatic carbocycles. The SMILES string of the molecule is CCOC(=O)c1cc(C(=O)OC)c2cc(N)ccc2n1. The Morgan fingerprint density at radius 3 is 2.65 bits per heavy atom. The summed E-state index contributed by atoms with van der Waals surface area (Å²) in [6, 6.07) is 6.25. The van der Waals surface area contributed by atoms with Gasteiger partial charge in [0, 0.05) is 11.1 Å². The van der Waals surface area contributed by atoms with Gasteiger partial charge in [0.1, 0.15) is 5.69 Å². The van der Waals surface area contributed by atoms with E-state index in [-0.39, 0.29) is 17.9 Å². The number of esters is 2. The van der Waals surface area contributed by atoms with Crippen LogP contribution >= 0.6 is 0 Å². The van der Waals surface area contributed by atoms with Gasteiger partial charge in [0.15, 0.2) is 0 Å². The topological polar surface area (TPSA) is 91.5 Å². The van der Waals surface area contributed by atoms with Gasteiger partial charge in [-0.25, -0.2) is 14.6 Å².